The second-order valence-corrected chi connectivity index (χ2v) is 4.06. The molecule has 1 aromatic rings. The molecule has 0 aromatic carbocycles. The van der Waals surface area contributed by atoms with Crippen molar-refractivity contribution in [2.75, 3.05) is 6.61 Å². The molecule has 0 bridgehead atoms. The molecule has 13 heavy (non-hydrogen) atoms. The molecule has 0 saturated carbocycles. The molecular weight excluding hydrogens is 162 g/mol. The highest BCUT2D eigenvalue weighted by atomic mass is 16.5. The number of rotatable bonds is 2. The van der Waals surface area contributed by atoms with Gasteiger partial charge in [-0.05, 0) is 19.1 Å². The Kier molecular flexibility index (Phi) is 2.91. The summed E-state index contributed by atoms with van der Waals surface area (Å²) in [5.41, 5.74) is 1.21. The van der Waals surface area contributed by atoms with E-state index in [2.05, 4.69) is 25.8 Å². The summed E-state index contributed by atoms with van der Waals surface area (Å²) in [5, 5.41) is 0. The third kappa shape index (κ3) is 2.72. The predicted octanol–water partition coefficient (Wildman–Crippen LogP) is 2.78. The van der Waals surface area contributed by atoms with Gasteiger partial charge in [-0.3, -0.25) is 4.98 Å². The van der Waals surface area contributed by atoms with Gasteiger partial charge in [-0.1, -0.05) is 20.8 Å². The van der Waals surface area contributed by atoms with E-state index in [9.17, 15) is 0 Å². The summed E-state index contributed by atoms with van der Waals surface area (Å²) in [5.74, 6) is 0.843. The second kappa shape index (κ2) is 3.77. The van der Waals surface area contributed by atoms with E-state index in [1.165, 1.54) is 0 Å². The van der Waals surface area contributed by atoms with Crippen LogP contribution >= 0.6 is 0 Å². The Bertz CT molecular complexity index is 258. The van der Waals surface area contributed by atoms with Crippen LogP contribution < -0.4 is 4.74 Å². The maximum atomic E-state index is 5.31. The van der Waals surface area contributed by atoms with Crippen LogP contribution in [0.25, 0.3) is 0 Å². The summed E-state index contributed by atoms with van der Waals surface area (Å²) in [6.45, 7) is 9.11. The van der Waals surface area contributed by atoms with Crippen molar-refractivity contribution in [1.29, 1.82) is 0 Å². The number of nitrogens with zero attached hydrogens (tertiary/aromatic N) is 1. The molecule has 0 aliphatic carbocycles. The molecule has 0 N–H and O–H groups in total. The summed E-state index contributed by atoms with van der Waals surface area (Å²) in [6, 6.07) is 3.99. The molecule has 0 atom stereocenters. The van der Waals surface area contributed by atoms with Crippen molar-refractivity contribution in [3.63, 3.8) is 0 Å². The lowest BCUT2D eigenvalue weighted by Gasteiger charge is -2.17. The maximum Gasteiger partial charge on any atom is 0.137 e. The number of hydrogen-bond acceptors (Lipinski definition) is 2. The van der Waals surface area contributed by atoms with Crippen molar-refractivity contribution >= 4 is 0 Å². The molecule has 0 fully saturated rings. The Hall–Kier alpha value is -1.05. The van der Waals surface area contributed by atoms with Gasteiger partial charge in [0.1, 0.15) is 5.75 Å². The fourth-order valence-electron chi connectivity index (χ4n) is 1.08. The van der Waals surface area contributed by atoms with Crippen LogP contribution in [-0.4, -0.2) is 11.6 Å². The van der Waals surface area contributed by atoms with Crippen LogP contribution in [0.4, 0.5) is 0 Å². The van der Waals surface area contributed by atoms with Crippen LogP contribution in [-0.2, 0) is 5.41 Å². The first-order valence-corrected chi connectivity index (χ1v) is 4.63. The van der Waals surface area contributed by atoms with Gasteiger partial charge in [-0.15, -0.1) is 0 Å². The first-order chi connectivity index (χ1) is 6.04. The molecule has 0 radical (unpaired) electrons. The Balaban J connectivity index is 2.81. The van der Waals surface area contributed by atoms with E-state index in [1.54, 1.807) is 6.20 Å². The molecule has 0 spiro atoms. The van der Waals surface area contributed by atoms with Crippen LogP contribution in [0.3, 0.4) is 0 Å². The van der Waals surface area contributed by atoms with Crippen LogP contribution in [0.1, 0.15) is 33.4 Å². The SMILES string of the molecule is CCOc1ccc(C(C)(C)C)nc1. The minimum absolute atomic E-state index is 0.116. The molecule has 72 valence electrons. The lowest BCUT2D eigenvalue weighted by Crippen LogP contribution is -2.13. The van der Waals surface area contributed by atoms with Crippen LogP contribution in [0.5, 0.6) is 5.75 Å². The highest BCUT2D eigenvalue weighted by Gasteiger charge is 2.14. The molecular formula is C11H17NO. The second-order valence-electron chi connectivity index (χ2n) is 4.06. The molecule has 1 aromatic heterocycles. The number of ether oxygens (including phenoxy) is 1. The fourth-order valence-corrected chi connectivity index (χ4v) is 1.08. The minimum Gasteiger partial charge on any atom is -0.492 e. The van der Waals surface area contributed by atoms with Gasteiger partial charge in [0.15, 0.2) is 0 Å². The summed E-state index contributed by atoms with van der Waals surface area (Å²) in [6.07, 6.45) is 1.78. The van der Waals surface area contributed by atoms with E-state index >= 15 is 0 Å². The molecule has 1 heterocycles. The van der Waals surface area contributed by atoms with E-state index in [-0.39, 0.29) is 5.41 Å². The highest BCUT2D eigenvalue weighted by molar-refractivity contribution is 5.23. The van der Waals surface area contributed by atoms with Crippen molar-refractivity contribution in [1.82, 2.24) is 4.98 Å². The Morgan fingerprint density at radius 3 is 2.38 bits per heavy atom. The van der Waals surface area contributed by atoms with Gasteiger partial charge in [-0.2, -0.15) is 0 Å². The molecule has 2 heteroatoms. The molecule has 1 rings (SSSR count). The van der Waals surface area contributed by atoms with Crippen molar-refractivity contribution in [2.45, 2.75) is 33.1 Å². The Morgan fingerprint density at radius 1 is 1.31 bits per heavy atom. The zero-order chi connectivity index (χ0) is 9.90. The Labute approximate surface area is 80.0 Å². The first kappa shape index (κ1) is 10.0. The lowest BCUT2D eigenvalue weighted by molar-refractivity contribution is 0.338. The van der Waals surface area contributed by atoms with E-state index in [4.69, 9.17) is 4.74 Å². The van der Waals surface area contributed by atoms with Gasteiger partial charge < -0.3 is 4.74 Å². The quantitative estimate of drug-likeness (QED) is 0.696. The third-order valence-electron chi connectivity index (χ3n) is 1.82. The summed E-state index contributed by atoms with van der Waals surface area (Å²) in [4.78, 5) is 4.34. The summed E-state index contributed by atoms with van der Waals surface area (Å²) >= 11 is 0. The third-order valence-corrected chi connectivity index (χ3v) is 1.82. The van der Waals surface area contributed by atoms with Crippen molar-refractivity contribution in [2.24, 2.45) is 0 Å². The molecule has 2 nitrogen and oxygen atoms in total. The highest BCUT2D eigenvalue weighted by Crippen LogP contribution is 2.21. The minimum atomic E-state index is 0.116. The number of hydrogen-bond donors (Lipinski definition) is 0. The topological polar surface area (TPSA) is 22.1 Å². The van der Waals surface area contributed by atoms with E-state index in [0.29, 0.717) is 6.61 Å². The monoisotopic (exact) mass is 179 g/mol. The van der Waals surface area contributed by atoms with Crippen molar-refractivity contribution in [3.05, 3.63) is 24.0 Å². The average Bonchev–Trinajstić information content (AvgIpc) is 2.04. The number of aromatic nitrogens is 1. The van der Waals surface area contributed by atoms with E-state index in [1.807, 2.05) is 19.1 Å². The summed E-state index contributed by atoms with van der Waals surface area (Å²) < 4.78 is 5.31. The first-order valence-electron chi connectivity index (χ1n) is 4.63. The van der Waals surface area contributed by atoms with E-state index in [0.717, 1.165) is 11.4 Å². The fraction of sp³-hybridized carbons (Fsp3) is 0.545. The molecule has 0 amide bonds. The van der Waals surface area contributed by atoms with Gasteiger partial charge in [-0.25, -0.2) is 0 Å². The standard InChI is InChI=1S/C11H17NO/c1-5-13-9-6-7-10(12-8-9)11(2,3)4/h6-8H,5H2,1-4H3. The van der Waals surface area contributed by atoms with Gasteiger partial charge in [0, 0.05) is 11.1 Å². The molecule has 0 aliphatic heterocycles. The van der Waals surface area contributed by atoms with Crippen LogP contribution in [0.15, 0.2) is 18.3 Å². The molecule has 0 aliphatic rings. The normalized spacial score (nSPS) is 11.4. The predicted molar refractivity (Wildman–Crippen MR) is 54.1 cm³/mol. The zero-order valence-corrected chi connectivity index (χ0v) is 8.79. The number of pyridine rings is 1. The zero-order valence-electron chi connectivity index (χ0n) is 8.79. The largest absolute Gasteiger partial charge is 0.492 e. The van der Waals surface area contributed by atoms with Crippen molar-refractivity contribution < 1.29 is 4.74 Å². The van der Waals surface area contributed by atoms with Gasteiger partial charge >= 0.3 is 0 Å². The lowest BCUT2D eigenvalue weighted by atomic mass is 9.92. The molecule has 0 saturated heterocycles. The van der Waals surface area contributed by atoms with Gasteiger partial charge in [0.2, 0.25) is 0 Å². The summed E-state index contributed by atoms with van der Waals surface area (Å²) in [7, 11) is 0. The molecule has 0 unspecified atom stereocenters. The van der Waals surface area contributed by atoms with Crippen LogP contribution in [0.2, 0.25) is 0 Å². The van der Waals surface area contributed by atoms with Gasteiger partial charge in [0.05, 0.1) is 12.8 Å². The van der Waals surface area contributed by atoms with E-state index < -0.39 is 0 Å². The maximum absolute atomic E-state index is 5.31. The van der Waals surface area contributed by atoms with Crippen LogP contribution in [0, 0.1) is 0 Å². The Morgan fingerprint density at radius 2 is 2.00 bits per heavy atom. The average molecular weight is 179 g/mol. The van der Waals surface area contributed by atoms with Gasteiger partial charge in [0.25, 0.3) is 0 Å². The smallest absolute Gasteiger partial charge is 0.137 e. The van der Waals surface area contributed by atoms with Crippen molar-refractivity contribution in [3.8, 4) is 5.75 Å².